The molecular formula is C22H16ClN3O3. The van der Waals surface area contributed by atoms with Crippen LogP contribution in [0.25, 0.3) is 16.9 Å². The number of nitro groups is 1. The summed E-state index contributed by atoms with van der Waals surface area (Å²) >= 11 is 6.15. The third-order valence-electron chi connectivity index (χ3n) is 4.37. The first kappa shape index (κ1) is 18.7. The van der Waals surface area contributed by atoms with Crippen LogP contribution in [0.5, 0.6) is 5.75 Å². The molecule has 0 atom stereocenters. The fourth-order valence-electron chi connectivity index (χ4n) is 2.94. The van der Waals surface area contributed by atoms with Gasteiger partial charge >= 0.3 is 0 Å². The van der Waals surface area contributed by atoms with Gasteiger partial charge in [0.2, 0.25) is 0 Å². The molecule has 0 aliphatic heterocycles. The molecule has 0 radical (unpaired) electrons. The van der Waals surface area contributed by atoms with Crippen molar-refractivity contribution in [3.05, 3.63) is 106 Å². The third kappa shape index (κ3) is 4.12. The van der Waals surface area contributed by atoms with Gasteiger partial charge in [-0.3, -0.25) is 10.1 Å². The van der Waals surface area contributed by atoms with E-state index in [2.05, 4.69) is 0 Å². The zero-order valence-corrected chi connectivity index (χ0v) is 16.0. The van der Waals surface area contributed by atoms with E-state index in [1.54, 1.807) is 4.68 Å². The minimum atomic E-state index is -0.493. The van der Waals surface area contributed by atoms with Crippen LogP contribution >= 0.6 is 11.6 Å². The van der Waals surface area contributed by atoms with Gasteiger partial charge in [-0.15, -0.1) is 0 Å². The number of rotatable bonds is 6. The zero-order valence-electron chi connectivity index (χ0n) is 15.2. The first-order valence-corrected chi connectivity index (χ1v) is 9.26. The van der Waals surface area contributed by atoms with Crippen molar-refractivity contribution in [1.82, 2.24) is 9.78 Å². The predicted molar refractivity (Wildman–Crippen MR) is 111 cm³/mol. The normalized spacial score (nSPS) is 10.7. The molecule has 6 nitrogen and oxygen atoms in total. The number of halogens is 1. The number of aromatic nitrogens is 2. The summed E-state index contributed by atoms with van der Waals surface area (Å²) in [4.78, 5) is 10.4. The smallest absolute Gasteiger partial charge is 0.271 e. The third-order valence-corrected chi connectivity index (χ3v) is 4.66. The summed E-state index contributed by atoms with van der Waals surface area (Å²) in [5.74, 6) is 0.378. The molecule has 0 fully saturated rings. The maximum atomic E-state index is 10.9. The molecule has 29 heavy (non-hydrogen) atoms. The minimum Gasteiger partial charge on any atom is -0.487 e. The van der Waals surface area contributed by atoms with Crippen LogP contribution in [0, 0.1) is 10.1 Å². The van der Waals surface area contributed by atoms with Gasteiger partial charge in [0.05, 0.1) is 21.3 Å². The van der Waals surface area contributed by atoms with E-state index in [0.717, 1.165) is 22.5 Å². The van der Waals surface area contributed by atoms with Crippen LogP contribution in [0.1, 0.15) is 5.56 Å². The van der Waals surface area contributed by atoms with Crippen molar-refractivity contribution >= 4 is 17.3 Å². The van der Waals surface area contributed by atoms with E-state index in [1.165, 1.54) is 18.2 Å². The summed E-state index contributed by atoms with van der Waals surface area (Å²) < 4.78 is 7.67. The van der Waals surface area contributed by atoms with Crippen LogP contribution in [-0.4, -0.2) is 14.7 Å². The summed E-state index contributed by atoms with van der Waals surface area (Å²) in [6, 6.07) is 23.8. The standard InChI is InChI=1S/C22H16ClN3O3/c23-20-13-19(26(27)28)11-12-21(20)29-15-17-14-25(18-9-5-2-6-10-18)24-22(17)16-7-3-1-4-8-16/h1-14H,15H2. The Labute approximate surface area is 172 Å². The fourth-order valence-corrected chi connectivity index (χ4v) is 3.17. The molecule has 0 unspecified atom stereocenters. The van der Waals surface area contributed by atoms with Gasteiger partial charge in [0.15, 0.2) is 0 Å². The highest BCUT2D eigenvalue weighted by atomic mass is 35.5. The van der Waals surface area contributed by atoms with Crippen molar-refractivity contribution in [2.45, 2.75) is 6.61 Å². The second kappa shape index (κ2) is 8.16. The molecule has 0 aliphatic rings. The van der Waals surface area contributed by atoms with E-state index >= 15 is 0 Å². The molecule has 4 rings (SSSR count). The lowest BCUT2D eigenvalue weighted by molar-refractivity contribution is -0.384. The second-order valence-electron chi connectivity index (χ2n) is 6.31. The zero-order chi connectivity index (χ0) is 20.2. The monoisotopic (exact) mass is 405 g/mol. The second-order valence-corrected chi connectivity index (χ2v) is 6.72. The molecule has 0 spiro atoms. The van der Waals surface area contributed by atoms with E-state index in [9.17, 15) is 10.1 Å². The van der Waals surface area contributed by atoms with Gasteiger partial charge in [-0.05, 0) is 18.2 Å². The van der Waals surface area contributed by atoms with E-state index in [1.807, 2.05) is 66.9 Å². The molecule has 4 aromatic rings. The van der Waals surface area contributed by atoms with Crippen molar-refractivity contribution in [2.24, 2.45) is 0 Å². The highest BCUT2D eigenvalue weighted by Crippen LogP contribution is 2.31. The van der Waals surface area contributed by atoms with Crippen molar-refractivity contribution in [2.75, 3.05) is 0 Å². The summed E-state index contributed by atoms with van der Waals surface area (Å²) in [5.41, 5.74) is 3.49. The molecule has 0 N–H and O–H groups in total. The Morgan fingerprint density at radius 2 is 1.69 bits per heavy atom. The Morgan fingerprint density at radius 1 is 1.00 bits per heavy atom. The van der Waals surface area contributed by atoms with Crippen molar-refractivity contribution in [1.29, 1.82) is 0 Å². The van der Waals surface area contributed by atoms with Gasteiger partial charge in [-0.1, -0.05) is 60.1 Å². The number of hydrogen-bond donors (Lipinski definition) is 0. The molecule has 144 valence electrons. The molecule has 0 saturated heterocycles. The van der Waals surface area contributed by atoms with E-state index in [4.69, 9.17) is 21.4 Å². The minimum absolute atomic E-state index is 0.0794. The van der Waals surface area contributed by atoms with Gasteiger partial charge in [-0.2, -0.15) is 5.10 Å². The molecule has 3 aromatic carbocycles. The number of nitro benzene ring substituents is 1. The van der Waals surface area contributed by atoms with Crippen molar-refractivity contribution in [3.8, 4) is 22.7 Å². The van der Waals surface area contributed by atoms with E-state index in [0.29, 0.717) is 5.75 Å². The van der Waals surface area contributed by atoms with Crippen LogP contribution in [0.15, 0.2) is 85.1 Å². The molecule has 1 aromatic heterocycles. The average molecular weight is 406 g/mol. The molecular weight excluding hydrogens is 390 g/mol. The lowest BCUT2D eigenvalue weighted by Gasteiger charge is -2.08. The van der Waals surface area contributed by atoms with Gasteiger partial charge in [0.25, 0.3) is 5.69 Å². The van der Waals surface area contributed by atoms with Gasteiger partial charge < -0.3 is 4.74 Å². The van der Waals surface area contributed by atoms with Crippen molar-refractivity contribution < 1.29 is 9.66 Å². The van der Waals surface area contributed by atoms with Gasteiger partial charge in [0, 0.05) is 29.5 Å². The average Bonchev–Trinajstić information content (AvgIpc) is 3.18. The number of ether oxygens (including phenoxy) is 1. The highest BCUT2D eigenvalue weighted by molar-refractivity contribution is 6.32. The molecule has 7 heteroatoms. The van der Waals surface area contributed by atoms with Crippen LogP contribution < -0.4 is 4.74 Å². The lowest BCUT2D eigenvalue weighted by Crippen LogP contribution is -1.97. The molecule has 0 amide bonds. The number of para-hydroxylation sites is 1. The van der Waals surface area contributed by atoms with Crippen LogP contribution in [-0.2, 0) is 6.61 Å². The number of nitrogens with zero attached hydrogens (tertiary/aromatic N) is 3. The van der Waals surface area contributed by atoms with Crippen LogP contribution in [0.2, 0.25) is 5.02 Å². The number of hydrogen-bond acceptors (Lipinski definition) is 4. The highest BCUT2D eigenvalue weighted by Gasteiger charge is 2.15. The Hall–Kier alpha value is -3.64. The number of non-ortho nitro benzene ring substituents is 1. The quantitative estimate of drug-likeness (QED) is 0.305. The fraction of sp³-hybridized carbons (Fsp3) is 0.0455. The maximum absolute atomic E-state index is 10.9. The Kier molecular flexibility index (Phi) is 5.27. The lowest BCUT2D eigenvalue weighted by atomic mass is 10.1. The molecule has 0 aliphatic carbocycles. The van der Waals surface area contributed by atoms with Gasteiger partial charge in [-0.25, -0.2) is 4.68 Å². The van der Waals surface area contributed by atoms with Crippen LogP contribution in [0.4, 0.5) is 5.69 Å². The summed E-state index contributed by atoms with van der Waals surface area (Å²) in [6.07, 6.45) is 1.91. The van der Waals surface area contributed by atoms with Gasteiger partial charge in [0.1, 0.15) is 12.4 Å². The molecule has 0 bridgehead atoms. The van der Waals surface area contributed by atoms with E-state index < -0.39 is 4.92 Å². The maximum Gasteiger partial charge on any atom is 0.271 e. The Bertz CT molecular complexity index is 1140. The first-order chi connectivity index (χ1) is 14.1. The predicted octanol–water partition coefficient (Wildman–Crippen LogP) is 5.68. The largest absolute Gasteiger partial charge is 0.487 e. The SMILES string of the molecule is O=[N+]([O-])c1ccc(OCc2cn(-c3ccccc3)nc2-c2ccccc2)c(Cl)c1. The molecule has 0 saturated carbocycles. The van der Waals surface area contributed by atoms with Crippen LogP contribution in [0.3, 0.4) is 0 Å². The topological polar surface area (TPSA) is 70.2 Å². The van der Waals surface area contributed by atoms with Crippen molar-refractivity contribution in [3.63, 3.8) is 0 Å². The molecule has 1 heterocycles. The summed E-state index contributed by atoms with van der Waals surface area (Å²) in [5, 5.41) is 15.8. The first-order valence-electron chi connectivity index (χ1n) is 8.88. The Balaban J connectivity index is 1.66. The summed E-state index contributed by atoms with van der Waals surface area (Å²) in [7, 11) is 0. The summed E-state index contributed by atoms with van der Waals surface area (Å²) in [6.45, 7) is 0.217. The van der Waals surface area contributed by atoms with E-state index in [-0.39, 0.29) is 17.3 Å². The number of benzene rings is 3. The Morgan fingerprint density at radius 3 is 2.34 bits per heavy atom.